The highest BCUT2D eigenvalue weighted by Gasteiger charge is 2.42. The van der Waals surface area contributed by atoms with Crippen LogP contribution in [0.25, 0.3) is 0 Å². The minimum absolute atomic E-state index is 0.0789. The minimum Gasteiger partial charge on any atom is -0.363 e. The lowest BCUT2D eigenvalue weighted by atomic mass is 9.84. The van der Waals surface area contributed by atoms with Gasteiger partial charge in [0.2, 0.25) is 0 Å². The predicted octanol–water partition coefficient (Wildman–Crippen LogP) is 6.10. The number of nitrogens with one attached hydrogen (secondary N) is 1. The Kier molecular flexibility index (Phi) is 9.55. The van der Waals surface area contributed by atoms with Crippen molar-refractivity contribution in [3.63, 3.8) is 0 Å². The largest absolute Gasteiger partial charge is 0.363 e. The van der Waals surface area contributed by atoms with Crippen LogP contribution in [0.2, 0.25) is 0 Å². The molecule has 1 saturated heterocycles. The van der Waals surface area contributed by atoms with E-state index < -0.39 is 0 Å². The topological polar surface area (TPSA) is 47.9 Å². The quantitative estimate of drug-likeness (QED) is 0.254. The van der Waals surface area contributed by atoms with Crippen LogP contribution in [0, 0.1) is 0 Å². The molecule has 0 bridgehead atoms. The maximum atomic E-state index is 14.1. The van der Waals surface area contributed by atoms with E-state index in [9.17, 15) is 4.79 Å². The van der Waals surface area contributed by atoms with Crippen LogP contribution >= 0.6 is 9.24 Å². The first kappa shape index (κ1) is 27.4. The Morgan fingerprint density at radius 1 is 1.27 bits per heavy atom. The lowest BCUT2D eigenvalue weighted by Crippen LogP contribution is -2.54. The Morgan fingerprint density at radius 2 is 1.88 bits per heavy atom. The van der Waals surface area contributed by atoms with Crippen LogP contribution in [-0.4, -0.2) is 46.3 Å². The number of hydrazone groups is 1. The second-order valence-electron chi connectivity index (χ2n) is 9.93. The number of hydrogen-bond acceptors (Lipinski definition) is 4. The zero-order chi connectivity index (χ0) is 24.8. The highest BCUT2D eigenvalue weighted by atomic mass is 31.0. The summed E-state index contributed by atoms with van der Waals surface area (Å²) in [6, 6.07) is 10.6. The summed E-state index contributed by atoms with van der Waals surface area (Å²) in [5.74, 6) is 0.864. The second-order valence-corrected chi connectivity index (χ2v) is 10.9. The molecule has 33 heavy (non-hydrogen) atoms. The van der Waals surface area contributed by atoms with E-state index in [4.69, 9.17) is 0 Å². The average molecular weight is 473 g/mol. The second kappa shape index (κ2) is 11.5. The van der Waals surface area contributed by atoms with Crippen LogP contribution in [0.4, 0.5) is 0 Å². The molecule has 1 fully saturated rings. The van der Waals surface area contributed by atoms with Crippen LogP contribution < -0.4 is 5.32 Å². The molecule has 1 N–H and O–H groups in total. The van der Waals surface area contributed by atoms with E-state index in [1.54, 1.807) is 0 Å². The van der Waals surface area contributed by atoms with Crippen molar-refractivity contribution >= 4 is 21.9 Å². The van der Waals surface area contributed by atoms with Crippen molar-refractivity contribution in [2.75, 3.05) is 7.05 Å². The molecule has 1 aliphatic heterocycles. The Labute approximate surface area is 204 Å². The molecule has 1 amide bonds. The van der Waals surface area contributed by atoms with Gasteiger partial charge in [-0.2, -0.15) is 5.10 Å². The third-order valence-electron chi connectivity index (χ3n) is 7.54. The van der Waals surface area contributed by atoms with E-state index in [2.05, 4.69) is 92.2 Å². The molecule has 1 aliphatic rings. The number of rotatable bonds is 10. The summed E-state index contributed by atoms with van der Waals surface area (Å²) in [5.41, 5.74) is 2.02. The van der Waals surface area contributed by atoms with Crippen molar-refractivity contribution in [1.29, 1.82) is 0 Å². The molecule has 1 aromatic rings. The minimum atomic E-state index is -0.276. The molecule has 0 spiro atoms. The van der Waals surface area contributed by atoms with Gasteiger partial charge in [0.05, 0.1) is 17.2 Å². The number of likely N-dealkylation sites (N-methyl/N-ethyl adjacent to an activating group) is 1. The molecule has 3 atom stereocenters. The van der Waals surface area contributed by atoms with Gasteiger partial charge in [-0.15, -0.1) is 9.24 Å². The van der Waals surface area contributed by atoms with E-state index in [1.807, 2.05) is 23.0 Å². The highest BCUT2D eigenvalue weighted by Crippen LogP contribution is 2.39. The molecule has 1 aromatic carbocycles. The standard InChI is InChI=1S/C27H45N4OP/c1-9-21(33)18-27(11-3,12-4)30(8)25(32)22(10-2)24-29-23(20-16-14-13-15-17-20)19-26(5,6)31(24)28-7/h13-17,21,23,29H,7,9-12,18-19,33H2,1-6,8H3/b24-22+/t21?,23-/m1/s1. The highest BCUT2D eigenvalue weighted by molar-refractivity contribution is 7.17. The zero-order valence-corrected chi connectivity index (χ0v) is 23.0. The van der Waals surface area contributed by atoms with E-state index in [0.717, 1.165) is 43.5 Å². The Balaban J connectivity index is 2.55. The molecular formula is C27H45N4OP. The molecule has 2 rings (SSSR count). The van der Waals surface area contributed by atoms with Crippen LogP contribution in [0.3, 0.4) is 0 Å². The maximum Gasteiger partial charge on any atom is 0.253 e. The normalized spacial score (nSPS) is 20.6. The zero-order valence-electron chi connectivity index (χ0n) is 21.8. The number of amides is 1. The summed E-state index contributed by atoms with van der Waals surface area (Å²) in [4.78, 5) is 16.1. The van der Waals surface area contributed by atoms with E-state index >= 15 is 0 Å². The first-order valence-electron chi connectivity index (χ1n) is 12.5. The van der Waals surface area contributed by atoms with Gasteiger partial charge in [-0.3, -0.25) is 4.79 Å². The van der Waals surface area contributed by atoms with Gasteiger partial charge >= 0.3 is 0 Å². The summed E-state index contributed by atoms with van der Waals surface area (Å²) < 4.78 is 0. The molecule has 5 nitrogen and oxygen atoms in total. The number of nitrogens with zero attached hydrogens (tertiary/aromatic N) is 3. The molecule has 0 aliphatic carbocycles. The molecule has 184 valence electrons. The van der Waals surface area contributed by atoms with Gasteiger partial charge < -0.3 is 10.2 Å². The van der Waals surface area contributed by atoms with Crippen LogP contribution in [0.15, 0.2) is 46.8 Å². The molecule has 0 saturated carbocycles. The number of benzene rings is 1. The fourth-order valence-electron chi connectivity index (χ4n) is 5.15. The Bertz CT molecular complexity index is 832. The van der Waals surface area contributed by atoms with E-state index in [1.165, 1.54) is 5.56 Å². The third-order valence-corrected chi connectivity index (χ3v) is 8.25. The molecule has 1 heterocycles. The Hall–Kier alpha value is -1.87. The first-order valence-corrected chi connectivity index (χ1v) is 13.1. The fourth-order valence-corrected chi connectivity index (χ4v) is 5.59. The summed E-state index contributed by atoms with van der Waals surface area (Å²) in [5, 5.41) is 9.96. The molecule has 0 aromatic heterocycles. The van der Waals surface area contributed by atoms with Crippen molar-refractivity contribution in [2.24, 2.45) is 5.10 Å². The first-order chi connectivity index (χ1) is 15.6. The van der Waals surface area contributed by atoms with Crippen LogP contribution in [-0.2, 0) is 4.79 Å². The smallest absolute Gasteiger partial charge is 0.253 e. The van der Waals surface area contributed by atoms with E-state index in [-0.39, 0.29) is 23.0 Å². The average Bonchev–Trinajstić information content (AvgIpc) is 2.82. The number of carbonyl (C=O) groups excluding carboxylic acids is 1. The summed E-state index contributed by atoms with van der Waals surface area (Å²) in [6.07, 6.45) is 5.40. The number of carbonyl (C=O) groups is 1. The predicted molar refractivity (Wildman–Crippen MR) is 144 cm³/mol. The summed E-state index contributed by atoms with van der Waals surface area (Å²) in [7, 11) is 4.95. The molecule has 2 unspecified atom stereocenters. The van der Waals surface area contributed by atoms with Crippen molar-refractivity contribution < 1.29 is 4.79 Å². The van der Waals surface area contributed by atoms with Crippen molar-refractivity contribution in [2.45, 2.75) is 103 Å². The van der Waals surface area contributed by atoms with Gasteiger partial charge in [0, 0.05) is 19.3 Å². The van der Waals surface area contributed by atoms with Gasteiger partial charge in [-0.05, 0) is 63.6 Å². The maximum absolute atomic E-state index is 14.1. The summed E-state index contributed by atoms with van der Waals surface area (Å²) in [6.45, 7) is 16.9. The number of hydrogen-bond donors (Lipinski definition) is 1. The molecule has 0 radical (unpaired) electrons. The van der Waals surface area contributed by atoms with Gasteiger partial charge in [-0.1, -0.05) is 58.0 Å². The van der Waals surface area contributed by atoms with Gasteiger partial charge in [0.25, 0.3) is 5.91 Å². The van der Waals surface area contributed by atoms with Gasteiger partial charge in [-0.25, -0.2) is 5.01 Å². The van der Waals surface area contributed by atoms with E-state index in [0.29, 0.717) is 12.1 Å². The van der Waals surface area contributed by atoms with Crippen molar-refractivity contribution in [3.05, 3.63) is 47.3 Å². The van der Waals surface area contributed by atoms with Crippen molar-refractivity contribution in [3.8, 4) is 0 Å². The van der Waals surface area contributed by atoms with Crippen LogP contribution in [0.1, 0.15) is 91.7 Å². The molecule has 6 heteroatoms. The van der Waals surface area contributed by atoms with Gasteiger partial charge in [0.15, 0.2) is 0 Å². The third kappa shape index (κ3) is 5.80. The monoisotopic (exact) mass is 472 g/mol. The van der Waals surface area contributed by atoms with Crippen molar-refractivity contribution in [1.82, 2.24) is 15.2 Å². The Morgan fingerprint density at radius 3 is 2.36 bits per heavy atom. The van der Waals surface area contributed by atoms with Gasteiger partial charge in [0.1, 0.15) is 5.82 Å². The lowest BCUT2D eigenvalue weighted by Gasteiger charge is -2.48. The molecular weight excluding hydrogens is 427 g/mol. The van der Waals surface area contributed by atoms with Crippen LogP contribution in [0.5, 0.6) is 0 Å². The summed E-state index contributed by atoms with van der Waals surface area (Å²) >= 11 is 0. The SMILES string of the molecule is C=NN1/C(=C(\CC)C(=O)N(C)C(CC)(CC)CC(P)CC)N[C@@H](c2ccccc2)CC1(C)C. The fraction of sp³-hybridized carbons (Fsp3) is 0.630. The lowest BCUT2D eigenvalue weighted by molar-refractivity contribution is -0.132.